The zero-order valence-electron chi connectivity index (χ0n) is 28.6. The summed E-state index contributed by atoms with van der Waals surface area (Å²) in [6.07, 6.45) is 0. The number of fused-ring (bicyclic) bond motifs is 4. The average molecular weight is 659 g/mol. The minimum absolute atomic E-state index is 1.21. The van der Waals surface area contributed by atoms with Gasteiger partial charge in [0.15, 0.2) is 0 Å². The van der Waals surface area contributed by atoms with Crippen LogP contribution in [0.4, 0.5) is 0 Å². The Balaban J connectivity index is 1.24. The third-order valence-electron chi connectivity index (χ3n) is 10.6. The molecule has 0 N–H and O–H groups in total. The zero-order valence-corrected chi connectivity index (χ0v) is 28.6. The molecule has 0 saturated heterocycles. The number of hydrogen-bond acceptors (Lipinski definition) is 0. The van der Waals surface area contributed by atoms with Gasteiger partial charge in [-0.25, -0.2) is 0 Å². The Morgan fingerprint density at radius 1 is 0.192 bits per heavy atom. The van der Waals surface area contributed by atoms with E-state index in [4.69, 9.17) is 0 Å². The highest BCUT2D eigenvalue weighted by atomic mass is 14.2. The van der Waals surface area contributed by atoms with Gasteiger partial charge >= 0.3 is 0 Å². The molecule has 0 bridgehead atoms. The van der Waals surface area contributed by atoms with Crippen molar-refractivity contribution >= 4 is 43.1 Å². The smallest absolute Gasteiger partial charge is 0.00259 e. The monoisotopic (exact) mass is 658 g/mol. The molecule has 0 saturated carbocycles. The molecule has 0 fully saturated rings. The lowest BCUT2D eigenvalue weighted by molar-refractivity contribution is 1.61. The summed E-state index contributed by atoms with van der Waals surface area (Å²) >= 11 is 0. The van der Waals surface area contributed by atoms with E-state index in [1.165, 1.54) is 98.7 Å². The molecule has 0 aromatic heterocycles. The van der Waals surface area contributed by atoms with E-state index in [1.54, 1.807) is 0 Å². The standard InChI is InChI=1S/C52H34/c1-2-13-35(14-3-1)41-29-30-49-50(34-41)52(44-22-11-20-42(33-44)46-26-12-18-37-16-6-7-23-45(37)46)48-25-9-8-24-47(48)51(49)43-21-10-19-39(32-43)40-28-27-36-15-4-5-17-38(36)31-40/h1-34H. The molecule has 0 radical (unpaired) electrons. The maximum Gasteiger partial charge on any atom is -0.00259 e. The van der Waals surface area contributed by atoms with Crippen LogP contribution in [-0.4, -0.2) is 0 Å². The van der Waals surface area contributed by atoms with Gasteiger partial charge in [-0.1, -0.05) is 182 Å². The third-order valence-corrected chi connectivity index (χ3v) is 10.6. The van der Waals surface area contributed by atoms with Gasteiger partial charge in [0.25, 0.3) is 0 Å². The fraction of sp³-hybridized carbons (Fsp3) is 0. The molecule has 0 atom stereocenters. The second-order valence-corrected chi connectivity index (χ2v) is 13.7. The molecule has 10 aromatic carbocycles. The van der Waals surface area contributed by atoms with E-state index in [1.807, 2.05) is 0 Å². The van der Waals surface area contributed by atoms with E-state index in [0.29, 0.717) is 0 Å². The summed E-state index contributed by atoms with van der Waals surface area (Å²) in [6, 6.07) is 75.7. The molecule has 0 unspecified atom stereocenters. The van der Waals surface area contributed by atoms with E-state index in [-0.39, 0.29) is 0 Å². The van der Waals surface area contributed by atoms with Crippen LogP contribution in [-0.2, 0) is 0 Å². The molecule has 0 aliphatic carbocycles. The average Bonchev–Trinajstić information content (AvgIpc) is 3.22. The second kappa shape index (κ2) is 12.5. The molecule has 242 valence electrons. The van der Waals surface area contributed by atoms with Crippen LogP contribution in [0, 0.1) is 0 Å². The predicted molar refractivity (Wildman–Crippen MR) is 224 cm³/mol. The Labute approximate surface area is 303 Å². The molecule has 10 rings (SSSR count). The van der Waals surface area contributed by atoms with Gasteiger partial charge in [0.2, 0.25) is 0 Å². The minimum atomic E-state index is 1.21. The summed E-state index contributed by atoms with van der Waals surface area (Å²) in [7, 11) is 0. The Hall–Kier alpha value is -6.76. The first-order valence-electron chi connectivity index (χ1n) is 18.0. The predicted octanol–water partition coefficient (Wildman–Crippen LogP) is 14.6. The first-order chi connectivity index (χ1) is 25.8. The van der Waals surface area contributed by atoms with Crippen molar-refractivity contribution in [1.82, 2.24) is 0 Å². The maximum atomic E-state index is 2.41. The van der Waals surface area contributed by atoms with E-state index in [0.717, 1.165) is 0 Å². The number of rotatable bonds is 5. The van der Waals surface area contributed by atoms with E-state index in [2.05, 4.69) is 206 Å². The van der Waals surface area contributed by atoms with Crippen LogP contribution in [0.3, 0.4) is 0 Å². The van der Waals surface area contributed by atoms with Gasteiger partial charge in [0, 0.05) is 0 Å². The van der Waals surface area contributed by atoms with Crippen LogP contribution < -0.4 is 0 Å². The SMILES string of the molecule is c1ccc(-c2ccc3c(-c4cccc(-c5ccc6ccccc6c5)c4)c4ccccc4c(-c4cccc(-c5cccc6ccccc56)c4)c3c2)cc1. The summed E-state index contributed by atoms with van der Waals surface area (Å²) in [4.78, 5) is 0. The third kappa shape index (κ3) is 5.16. The summed E-state index contributed by atoms with van der Waals surface area (Å²) in [5, 5.41) is 10.0. The van der Waals surface area contributed by atoms with Crippen molar-refractivity contribution in [2.24, 2.45) is 0 Å². The Morgan fingerprint density at radius 2 is 0.673 bits per heavy atom. The van der Waals surface area contributed by atoms with Gasteiger partial charge in [-0.15, -0.1) is 0 Å². The van der Waals surface area contributed by atoms with Crippen LogP contribution in [0.5, 0.6) is 0 Å². The molecular formula is C52H34. The van der Waals surface area contributed by atoms with E-state index < -0.39 is 0 Å². The van der Waals surface area contributed by atoms with Gasteiger partial charge in [-0.3, -0.25) is 0 Å². The Kier molecular flexibility index (Phi) is 7.25. The highest BCUT2D eigenvalue weighted by molar-refractivity contribution is 6.22. The van der Waals surface area contributed by atoms with Crippen LogP contribution in [0.15, 0.2) is 206 Å². The molecule has 0 nitrogen and oxygen atoms in total. The molecule has 52 heavy (non-hydrogen) atoms. The van der Waals surface area contributed by atoms with Crippen LogP contribution in [0.25, 0.3) is 98.7 Å². The molecule has 10 aromatic rings. The Morgan fingerprint density at radius 3 is 1.46 bits per heavy atom. The van der Waals surface area contributed by atoms with Crippen molar-refractivity contribution in [1.29, 1.82) is 0 Å². The summed E-state index contributed by atoms with van der Waals surface area (Å²) in [5.74, 6) is 0. The van der Waals surface area contributed by atoms with Crippen LogP contribution >= 0.6 is 0 Å². The largest absolute Gasteiger partial charge is 0.0622 e. The van der Waals surface area contributed by atoms with Gasteiger partial charge < -0.3 is 0 Å². The van der Waals surface area contributed by atoms with E-state index in [9.17, 15) is 0 Å². The lowest BCUT2D eigenvalue weighted by Crippen LogP contribution is -1.92. The van der Waals surface area contributed by atoms with Crippen molar-refractivity contribution in [2.45, 2.75) is 0 Å². The maximum absolute atomic E-state index is 2.41. The quantitative estimate of drug-likeness (QED) is 0.161. The van der Waals surface area contributed by atoms with Gasteiger partial charge in [-0.2, -0.15) is 0 Å². The van der Waals surface area contributed by atoms with Crippen molar-refractivity contribution in [3.63, 3.8) is 0 Å². The number of benzene rings is 10. The highest BCUT2D eigenvalue weighted by Crippen LogP contribution is 2.46. The van der Waals surface area contributed by atoms with Crippen molar-refractivity contribution in [3.8, 4) is 55.6 Å². The highest BCUT2D eigenvalue weighted by Gasteiger charge is 2.19. The molecule has 0 heterocycles. The second-order valence-electron chi connectivity index (χ2n) is 13.7. The lowest BCUT2D eigenvalue weighted by Gasteiger charge is -2.20. The molecule has 0 spiro atoms. The first-order valence-corrected chi connectivity index (χ1v) is 18.0. The number of hydrogen-bond donors (Lipinski definition) is 0. The normalized spacial score (nSPS) is 11.5. The van der Waals surface area contributed by atoms with Crippen molar-refractivity contribution < 1.29 is 0 Å². The molecule has 0 amide bonds. The lowest BCUT2D eigenvalue weighted by atomic mass is 9.83. The summed E-state index contributed by atoms with van der Waals surface area (Å²) in [6.45, 7) is 0. The van der Waals surface area contributed by atoms with Crippen LogP contribution in [0.1, 0.15) is 0 Å². The van der Waals surface area contributed by atoms with Gasteiger partial charge in [0.05, 0.1) is 0 Å². The molecular weight excluding hydrogens is 625 g/mol. The first kappa shape index (κ1) is 30.1. The van der Waals surface area contributed by atoms with Gasteiger partial charge in [0.1, 0.15) is 0 Å². The van der Waals surface area contributed by atoms with Gasteiger partial charge in [-0.05, 0) is 123 Å². The van der Waals surface area contributed by atoms with E-state index >= 15 is 0 Å². The van der Waals surface area contributed by atoms with Crippen molar-refractivity contribution in [2.75, 3.05) is 0 Å². The fourth-order valence-corrected chi connectivity index (χ4v) is 8.15. The minimum Gasteiger partial charge on any atom is -0.0622 e. The fourth-order valence-electron chi connectivity index (χ4n) is 8.15. The molecule has 0 aliphatic rings. The Bertz CT molecular complexity index is 2940. The summed E-state index contributed by atoms with van der Waals surface area (Å²) < 4.78 is 0. The van der Waals surface area contributed by atoms with Crippen molar-refractivity contribution in [3.05, 3.63) is 206 Å². The van der Waals surface area contributed by atoms with Crippen LogP contribution in [0.2, 0.25) is 0 Å². The summed E-state index contributed by atoms with van der Waals surface area (Å²) in [5.41, 5.74) is 12.3. The zero-order chi connectivity index (χ0) is 34.4. The topological polar surface area (TPSA) is 0 Å². The molecule has 0 heteroatoms. The molecule has 0 aliphatic heterocycles.